The zero-order valence-corrected chi connectivity index (χ0v) is 34.1. The van der Waals surface area contributed by atoms with Crippen LogP contribution >= 0.6 is 0 Å². The smallest absolute Gasteiger partial charge is 0.159 e. The lowest BCUT2D eigenvalue weighted by Crippen LogP contribution is -2.16. The van der Waals surface area contributed by atoms with Crippen LogP contribution in [-0.2, 0) is 5.41 Å². The first-order valence-electron chi connectivity index (χ1n) is 21.2. The fraction of sp³-hybridized carbons (Fsp3) is 0.0508. The van der Waals surface area contributed by atoms with Gasteiger partial charge in [-0.1, -0.05) is 172 Å². The van der Waals surface area contributed by atoms with E-state index in [1.807, 2.05) is 6.07 Å². The molecular formula is C59H41NO. The van der Waals surface area contributed by atoms with Gasteiger partial charge in [0.1, 0.15) is 5.58 Å². The highest BCUT2D eigenvalue weighted by molar-refractivity contribution is 6.10. The maximum Gasteiger partial charge on any atom is 0.159 e. The van der Waals surface area contributed by atoms with Gasteiger partial charge in [-0.25, -0.2) is 0 Å². The molecule has 288 valence electrons. The van der Waals surface area contributed by atoms with E-state index in [-0.39, 0.29) is 5.41 Å². The zero-order valence-electron chi connectivity index (χ0n) is 34.1. The molecule has 0 bridgehead atoms. The lowest BCUT2D eigenvalue weighted by molar-refractivity contribution is 0.660. The summed E-state index contributed by atoms with van der Waals surface area (Å²) >= 11 is 0. The molecule has 61 heavy (non-hydrogen) atoms. The average Bonchev–Trinajstić information content (AvgIpc) is 3.81. The minimum atomic E-state index is -0.122. The number of hydrogen-bond donors (Lipinski definition) is 0. The first-order valence-corrected chi connectivity index (χ1v) is 21.2. The highest BCUT2D eigenvalue weighted by Crippen LogP contribution is 2.51. The molecule has 10 aromatic carbocycles. The summed E-state index contributed by atoms with van der Waals surface area (Å²) < 4.78 is 6.65. The van der Waals surface area contributed by atoms with Crippen LogP contribution in [0, 0.1) is 0 Å². The van der Waals surface area contributed by atoms with Crippen LogP contribution in [-0.4, -0.2) is 0 Å². The molecule has 1 aliphatic rings. The van der Waals surface area contributed by atoms with E-state index in [0.717, 1.165) is 39.0 Å². The molecule has 0 spiro atoms. The van der Waals surface area contributed by atoms with E-state index in [1.54, 1.807) is 0 Å². The predicted octanol–water partition coefficient (Wildman–Crippen LogP) is 16.7. The monoisotopic (exact) mass is 779 g/mol. The largest absolute Gasteiger partial charge is 0.454 e. The van der Waals surface area contributed by atoms with Gasteiger partial charge in [-0.15, -0.1) is 0 Å². The quantitative estimate of drug-likeness (QED) is 0.167. The first-order chi connectivity index (χ1) is 30.0. The van der Waals surface area contributed by atoms with Crippen molar-refractivity contribution < 1.29 is 4.42 Å². The Balaban J connectivity index is 0.892. The fourth-order valence-corrected chi connectivity index (χ4v) is 9.80. The van der Waals surface area contributed by atoms with Crippen molar-refractivity contribution in [1.82, 2.24) is 0 Å². The molecule has 0 atom stereocenters. The molecule has 1 aromatic heterocycles. The lowest BCUT2D eigenvalue weighted by Gasteiger charge is -2.28. The third-order valence-electron chi connectivity index (χ3n) is 13.0. The van der Waals surface area contributed by atoms with Crippen LogP contribution in [0.1, 0.15) is 25.0 Å². The highest BCUT2D eigenvalue weighted by atomic mass is 16.3. The normalized spacial score (nSPS) is 12.9. The van der Waals surface area contributed by atoms with Crippen LogP contribution < -0.4 is 4.90 Å². The Morgan fingerprint density at radius 3 is 1.64 bits per heavy atom. The van der Waals surface area contributed by atoms with E-state index in [2.05, 4.69) is 225 Å². The molecular weight excluding hydrogens is 739 g/mol. The second-order valence-corrected chi connectivity index (χ2v) is 17.0. The van der Waals surface area contributed by atoms with E-state index >= 15 is 0 Å². The van der Waals surface area contributed by atoms with Gasteiger partial charge in [0.25, 0.3) is 0 Å². The van der Waals surface area contributed by atoms with E-state index < -0.39 is 0 Å². The molecule has 0 saturated carbocycles. The third-order valence-corrected chi connectivity index (χ3v) is 13.0. The van der Waals surface area contributed by atoms with Crippen LogP contribution in [0.15, 0.2) is 217 Å². The molecule has 2 heteroatoms. The molecule has 2 nitrogen and oxygen atoms in total. The van der Waals surface area contributed by atoms with E-state index in [4.69, 9.17) is 4.42 Å². The van der Waals surface area contributed by atoms with Crippen LogP contribution in [0.3, 0.4) is 0 Å². The van der Waals surface area contributed by atoms with Gasteiger partial charge in [0, 0.05) is 27.6 Å². The Kier molecular flexibility index (Phi) is 7.92. The molecule has 0 fully saturated rings. The number of fused-ring (bicyclic) bond motifs is 8. The van der Waals surface area contributed by atoms with E-state index in [9.17, 15) is 0 Å². The molecule has 0 unspecified atom stereocenters. The second kappa shape index (κ2) is 13.7. The van der Waals surface area contributed by atoms with Crippen molar-refractivity contribution in [2.75, 3.05) is 4.90 Å². The molecule has 12 rings (SSSR count). The van der Waals surface area contributed by atoms with Crippen LogP contribution in [0.25, 0.3) is 88.0 Å². The highest BCUT2D eigenvalue weighted by Gasteiger charge is 2.36. The lowest BCUT2D eigenvalue weighted by atomic mass is 9.82. The standard InChI is InChI=1S/C59H41NO/c1-59(2)54-15-7-5-12-50(54)51-33-32-49(37-55(51)59)60(56-16-9-14-53-52-13-6-8-17-57(52)61-58(53)56)48-30-28-40(29-31-48)39-18-20-41(21-19-39)44-25-23-42-24-27-46(36-47(42)35-44)45-26-22-38-10-3-4-11-43(38)34-45/h3-37H,1-2H3. The van der Waals surface area contributed by atoms with Crippen molar-refractivity contribution >= 4 is 60.5 Å². The first kappa shape index (κ1) is 35.3. The number of hydrogen-bond acceptors (Lipinski definition) is 2. The maximum absolute atomic E-state index is 6.65. The van der Waals surface area contributed by atoms with Gasteiger partial charge in [-0.2, -0.15) is 0 Å². The maximum atomic E-state index is 6.65. The SMILES string of the molecule is CC1(C)c2ccccc2-c2ccc(N(c3ccc(-c4ccc(-c5ccc6ccc(-c7ccc8ccccc8c7)cc6c5)cc4)cc3)c3cccc4c3oc3ccccc34)cc21. The van der Waals surface area contributed by atoms with Gasteiger partial charge >= 0.3 is 0 Å². The van der Waals surface area contributed by atoms with Crippen molar-refractivity contribution in [3.8, 4) is 44.5 Å². The van der Waals surface area contributed by atoms with Gasteiger partial charge in [-0.3, -0.25) is 0 Å². The minimum absolute atomic E-state index is 0.122. The molecule has 0 saturated heterocycles. The summed E-state index contributed by atoms with van der Waals surface area (Å²) in [6.07, 6.45) is 0. The Morgan fingerprint density at radius 2 is 0.885 bits per heavy atom. The van der Waals surface area contributed by atoms with Crippen molar-refractivity contribution in [2.45, 2.75) is 19.3 Å². The van der Waals surface area contributed by atoms with Gasteiger partial charge in [0.05, 0.1) is 5.69 Å². The Hall–Kier alpha value is -7.68. The molecule has 0 amide bonds. The summed E-state index contributed by atoms with van der Waals surface area (Å²) in [7, 11) is 0. The van der Waals surface area contributed by atoms with Crippen molar-refractivity contribution in [3.05, 3.63) is 223 Å². The number of benzene rings is 10. The van der Waals surface area contributed by atoms with E-state index in [1.165, 1.54) is 77.2 Å². The summed E-state index contributed by atoms with van der Waals surface area (Å²) in [4.78, 5) is 2.36. The number of nitrogens with zero attached hydrogens (tertiary/aromatic N) is 1. The van der Waals surface area contributed by atoms with Gasteiger partial charge in [-0.05, 0) is 132 Å². The molecule has 1 heterocycles. The Bertz CT molecular complexity index is 3500. The summed E-state index contributed by atoms with van der Waals surface area (Å²) in [6.45, 7) is 4.68. The number of furan rings is 1. The van der Waals surface area contributed by atoms with Crippen molar-refractivity contribution in [2.24, 2.45) is 0 Å². The summed E-state index contributed by atoms with van der Waals surface area (Å²) in [5.41, 5.74) is 17.4. The van der Waals surface area contributed by atoms with Crippen LogP contribution in [0.2, 0.25) is 0 Å². The summed E-state index contributed by atoms with van der Waals surface area (Å²) in [6, 6.07) is 77.4. The van der Waals surface area contributed by atoms with Gasteiger partial charge < -0.3 is 9.32 Å². The summed E-state index contributed by atoms with van der Waals surface area (Å²) in [5.74, 6) is 0. The third kappa shape index (κ3) is 5.79. The number of rotatable bonds is 6. The Labute approximate surface area is 355 Å². The predicted molar refractivity (Wildman–Crippen MR) is 257 cm³/mol. The molecule has 0 aliphatic heterocycles. The van der Waals surface area contributed by atoms with Crippen LogP contribution in [0.4, 0.5) is 17.1 Å². The molecule has 11 aromatic rings. The fourth-order valence-electron chi connectivity index (χ4n) is 9.80. The number of anilines is 3. The molecule has 0 radical (unpaired) electrons. The Morgan fingerprint density at radius 1 is 0.361 bits per heavy atom. The van der Waals surface area contributed by atoms with Crippen molar-refractivity contribution in [1.29, 1.82) is 0 Å². The van der Waals surface area contributed by atoms with Gasteiger partial charge in [0.15, 0.2) is 5.58 Å². The van der Waals surface area contributed by atoms with Gasteiger partial charge in [0.2, 0.25) is 0 Å². The second-order valence-electron chi connectivity index (χ2n) is 17.0. The zero-order chi connectivity index (χ0) is 40.7. The molecule has 0 N–H and O–H groups in total. The van der Waals surface area contributed by atoms with E-state index in [0.29, 0.717) is 0 Å². The van der Waals surface area contributed by atoms with Crippen molar-refractivity contribution in [3.63, 3.8) is 0 Å². The topological polar surface area (TPSA) is 16.4 Å². The number of para-hydroxylation sites is 2. The summed E-state index contributed by atoms with van der Waals surface area (Å²) in [5, 5.41) is 7.24. The molecule has 1 aliphatic carbocycles. The minimum Gasteiger partial charge on any atom is -0.454 e. The van der Waals surface area contributed by atoms with Crippen LogP contribution in [0.5, 0.6) is 0 Å². The average molecular weight is 780 g/mol.